The Kier molecular flexibility index (Phi) is 5.09. The lowest BCUT2D eigenvalue weighted by atomic mass is 10.1. The van der Waals surface area contributed by atoms with Crippen LogP contribution in [0.2, 0.25) is 10.0 Å². The van der Waals surface area contributed by atoms with Gasteiger partial charge in [-0.2, -0.15) is 0 Å². The number of hydrogen-bond acceptors (Lipinski definition) is 2. The lowest BCUT2D eigenvalue weighted by Gasteiger charge is -2.12. The smallest absolute Gasteiger partial charge is 0.252 e. The summed E-state index contributed by atoms with van der Waals surface area (Å²) in [6, 6.07) is 3.05. The molecular weight excluding hydrogens is 259 g/mol. The number of nitrogens with one attached hydrogen (secondary N) is 1. The van der Waals surface area contributed by atoms with Gasteiger partial charge in [0.2, 0.25) is 0 Å². The largest absolute Gasteiger partial charge is 0.399 e. The van der Waals surface area contributed by atoms with E-state index < -0.39 is 0 Å². The van der Waals surface area contributed by atoms with E-state index in [2.05, 4.69) is 19.2 Å². The van der Waals surface area contributed by atoms with Crippen molar-refractivity contribution in [1.82, 2.24) is 5.32 Å². The Morgan fingerprint density at radius 1 is 1.47 bits per heavy atom. The van der Waals surface area contributed by atoms with Crippen molar-refractivity contribution in [3.63, 3.8) is 0 Å². The highest BCUT2D eigenvalue weighted by Gasteiger charge is 2.14. The first-order valence-corrected chi connectivity index (χ1v) is 6.24. The van der Waals surface area contributed by atoms with Crippen molar-refractivity contribution in [2.24, 2.45) is 5.92 Å². The Morgan fingerprint density at radius 3 is 2.71 bits per heavy atom. The minimum Gasteiger partial charge on any atom is -0.399 e. The summed E-state index contributed by atoms with van der Waals surface area (Å²) < 4.78 is 0. The van der Waals surface area contributed by atoms with Gasteiger partial charge in [0, 0.05) is 12.2 Å². The van der Waals surface area contributed by atoms with Gasteiger partial charge in [-0.15, -0.1) is 0 Å². The maximum Gasteiger partial charge on any atom is 0.252 e. The molecular formula is C12H16Cl2N2O. The van der Waals surface area contributed by atoms with Crippen molar-refractivity contribution in [1.29, 1.82) is 0 Å². The maximum absolute atomic E-state index is 11.9. The van der Waals surface area contributed by atoms with Gasteiger partial charge in [-0.1, -0.05) is 43.5 Å². The lowest BCUT2D eigenvalue weighted by Crippen LogP contribution is -2.28. The monoisotopic (exact) mass is 274 g/mol. The summed E-state index contributed by atoms with van der Waals surface area (Å²) in [5, 5.41) is 3.34. The summed E-state index contributed by atoms with van der Waals surface area (Å²) in [7, 11) is 0. The quantitative estimate of drug-likeness (QED) is 0.828. The lowest BCUT2D eigenvalue weighted by molar-refractivity contribution is 0.0948. The van der Waals surface area contributed by atoms with Crippen LogP contribution in [0, 0.1) is 5.92 Å². The van der Waals surface area contributed by atoms with Crippen LogP contribution in [0.25, 0.3) is 0 Å². The predicted molar refractivity (Wildman–Crippen MR) is 72.7 cm³/mol. The number of rotatable bonds is 4. The van der Waals surface area contributed by atoms with Gasteiger partial charge in [0.05, 0.1) is 15.6 Å². The standard InChI is InChI=1S/C12H16Cl2N2O/c1-3-7(2)6-16-12(17)9-4-8(15)5-10(13)11(9)14/h4-5,7H,3,6,15H2,1-2H3,(H,16,17). The van der Waals surface area contributed by atoms with Crippen LogP contribution in [0.1, 0.15) is 30.6 Å². The highest BCUT2D eigenvalue weighted by Crippen LogP contribution is 2.28. The van der Waals surface area contributed by atoms with Crippen molar-refractivity contribution in [3.05, 3.63) is 27.7 Å². The molecule has 94 valence electrons. The van der Waals surface area contributed by atoms with Gasteiger partial charge >= 0.3 is 0 Å². The number of nitrogen functional groups attached to an aromatic ring is 1. The number of anilines is 1. The molecule has 0 saturated heterocycles. The zero-order chi connectivity index (χ0) is 13.0. The second kappa shape index (κ2) is 6.12. The number of carbonyl (C=O) groups is 1. The fourth-order valence-corrected chi connectivity index (χ4v) is 1.70. The number of nitrogens with two attached hydrogens (primary N) is 1. The first-order chi connectivity index (χ1) is 7.95. The van der Waals surface area contributed by atoms with Gasteiger partial charge in [-0.25, -0.2) is 0 Å². The van der Waals surface area contributed by atoms with E-state index in [4.69, 9.17) is 28.9 Å². The average Bonchev–Trinajstić information content (AvgIpc) is 2.30. The summed E-state index contributed by atoms with van der Waals surface area (Å²) in [4.78, 5) is 11.9. The van der Waals surface area contributed by atoms with Crippen LogP contribution in [0.3, 0.4) is 0 Å². The van der Waals surface area contributed by atoms with Crippen LogP contribution in [-0.4, -0.2) is 12.5 Å². The molecule has 0 saturated carbocycles. The molecule has 0 radical (unpaired) electrons. The Bertz CT molecular complexity index is 421. The summed E-state index contributed by atoms with van der Waals surface area (Å²) in [5.74, 6) is 0.179. The predicted octanol–water partition coefficient (Wildman–Crippen LogP) is 3.35. The molecule has 0 aliphatic carbocycles. The van der Waals surface area contributed by atoms with E-state index in [1.165, 1.54) is 12.1 Å². The van der Waals surface area contributed by atoms with Gasteiger partial charge < -0.3 is 11.1 Å². The van der Waals surface area contributed by atoms with Crippen LogP contribution in [-0.2, 0) is 0 Å². The molecule has 0 fully saturated rings. The van der Waals surface area contributed by atoms with Crippen molar-refractivity contribution in [2.75, 3.05) is 12.3 Å². The zero-order valence-corrected chi connectivity index (χ0v) is 11.4. The molecule has 5 heteroatoms. The van der Waals surface area contributed by atoms with Crippen LogP contribution in [0.15, 0.2) is 12.1 Å². The van der Waals surface area contributed by atoms with Crippen LogP contribution < -0.4 is 11.1 Å². The molecule has 1 amide bonds. The first-order valence-electron chi connectivity index (χ1n) is 5.48. The number of hydrogen-bond donors (Lipinski definition) is 2. The van der Waals surface area contributed by atoms with Crippen LogP contribution in [0.5, 0.6) is 0 Å². The third-order valence-corrected chi connectivity index (χ3v) is 3.41. The number of halogens is 2. The average molecular weight is 275 g/mol. The molecule has 17 heavy (non-hydrogen) atoms. The van der Waals surface area contributed by atoms with E-state index in [9.17, 15) is 4.79 Å². The van der Waals surface area contributed by atoms with Crippen LogP contribution >= 0.6 is 23.2 Å². The Labute approximate surface area is 111 Å². The van der Waals surface area contributed by atoms with Crippen molar-refractivity contribution in [3.8, 4) is 0 Å². The minimum absolute atomic E-state index is 0.238. The fraction of sp³-hybridized carbons (Fsp3) is 0.417. The molecule has 1 aromatic rings. The van der Waals surface area contributed by atoms with Gasteiger partial charge in [-0.05, 0) is 18.1 Å². The zero-order valence-electron chi connectivity index (χ0n) is 9.89. The molecule has 3 nitrogen and oxygen atoms in total. The number of benzene rings is 1. The fourth-order valence-electron chi connectivity index (χ4n) is 1.28. The number of amides is 1. The molecule has 0 aliphatic heterocycles. The molecule has 0 heterocycles. The highest BCUT2D eigenvalue weighted by molar-refractivity contribution is 6.44. The molecule has 1 atom stereocenters. The Hall–Kier alpha value is -0.930. The van der Waals surface area contributed by atoms with Crippen LogP contribution in [0.4, 0.5) is 5.69 Å². The van der Waals surface area contributed by atoms with Crippen molar-refractivity contribution in [2.45, 2.75) is 20.3 Å². The minimum atomic E-state index is -0.246. The van der Waals surface area contributed by atoms with E-state index in [1.807, 2.05) is 0 Å². The molecule has 0 spiro atoms. The van der Waals surface area contributed by atoms with E-state index in [-0.39, 0.29) is 10.9 Å². The third-order valence-electron chi connectivity index (χ3n) is 2.60. The van der Waals surface area contributed by atoms with Crippen molar-refractivity contribution < 1.29 is 4.79 Å². The van der Waals surface area contributed by atoms with E-state index in [0.29, 0.717) is 28.7 Å². The molecule has 1 aromatic carbocycles. The van der Waals surface area contributed by atoms with E-state index in [1.54, 1.807) is 0 Å². The second-order valence-electron chi connectivity index (χ2n) is 4.09. The van der Waals surface area contributed by atoms with E-state index >= 15 is 0 Å². The number of carbonyl (C=O) groups excluding carboxylic acids is 1. The summed E-state index contributed by atoms with van der Waals surface area (Å²) >= 11 is 11.8. The molecule has 0 aliphatic rings. The molecule has 3 N–H and O–H groups in total. The Balaban J connectivity index is 2.82. The van der Waals surface area contributed by atoms with Crippen molar-refractivity contribution >= 4 is 34.8 Å². The summed E-state index contributed by atoms with van der Waals surface area (Å²) in [5.41, 5.74) is 6.37. The van der Waals surface area contributed by atoms with Gasteiger partial charge in [0.15, 0.2) is 0 Å². The second-order valence-corrected chi connectivity index (χ2v) is 4.87. The first kappa shape index (κ1) is 14.1. The topological polar surface area (TPSA) is 55.1 Å². The molecule has 1 unspecified atom stereocenters. The highest BCUT2D eigenvalue weighted by atomic mass is 35.5. The summed E-state index contributed by atoms with van der Waals surface area (Å²) in [6.45, 7) is 4.74. The summed E-state index contributed by atoms with van der Waals surface area (Å²) in [6.07, 6.45) is 1.01. The maximum atomic E-state index is 11.9. The molecule has 0 aromatic heterocycles. The SMILES string of the molecule is CCC(C)CNC(=O)c1cc(N)cc(Cl)c1Cl. The normalized spacial score (nSPS) is 12.2. The Morgan fingerprint density at radius 2 is 2.12 bits per heavy atom. The van der Waals surface area contributed by atoms with E-state index in [0.717, 1.165) is 6.42 Å². The van der Waals surface area contributed by atoms with Gasteiger partial charge in [-0.3, -0.25) is 4.79 Å². The molecule has 0 bridgehead atoms. The van der Waals surface area contributed by atoms with Gasteiger partial charge in [0.1, 0.15) is 0 Å². The molecule has 1 rings (SSSR count). The third kappa shape index (κ3) is 3.79. The van der Waals surface area contributed by atoms with Gasteiger partial charge in [0.25, 0.3) is 5.91 Å².